The maximum absolute atomic E-state index is 13.3. The first-order valence-electron chi connectivity index (χ1n) is 9.05. The highest BCUT2D eigenvalue weighted by atomic mass is 35.5. The third-order valence-corrected chi connectivity index (χ3v) is 4.67. The Balaban J connectivity index is 2.10. The normalized spacial score (nSPS) is 11.5. The second kappa shape index (κ2) is 10.6. The molecule has 0 fully saturated rings. The van der Waals surface area contributed by atoms with Gasteiger partial charge in [0.25, 0.3) is 11.8 Å². The number of nitrogens with one attached hydrogen (secondary N) is 2. The van der Waals surface area contributed by atoms with Gasteiger partial charge in [-0.25, -0.2) is 14.3 Å². The van der Waals surface area contributed by atoms with Crippen molar-refractivity contribution in [2.45, 2.75) is 26.3 Å². The number of hydroxylamine groups is 1. The zero-order chi connectivity index (χ0) is 23.0. The van der Waals surface area contributed by atoms with Crippen LogP contribution >= 0.6 is 11.6 Å². The minimum Gasteiger partial charge on any atom is -0.339 e. The van der Waals surface area contributed by atoms with Gasteiger partial charge >= 0.3 is 0 Å². The van der Waals surface area contributed by atoms with Gasteiger partial charge in [-0.1, -0.05) is 37.3 Å². The van der Waals surface area contributed by atoms with E-state index in [0.29, 0.717) is 10.6 Å². The molecule has 3 N–H and O–H groups in total. The van der Waals surface area contributed by atoms with Crippen molar-refractivity contribution in [1.29, 1.82) is 0 Å². The molecule has 1 atom stereocenters. The number of benzene rings is 2. The van der Waals surface area contributed by atoms with Crippen LogP contribution in [0.2, 0.25) is 5.02 Å². The summed E-state index contributed by atoms with van der Waals surface area (Å²) in [5.41, 5.74) is 0.888. The molecular formula is C23H19ClF2N2O3. The van der Waals surface area contributed by atoms with E-state index in [9.17, 15) is 18.4 Å². The molecule has 0 aliphatic heterocycles. The molecule has 2 aromatic rings. The van der Waals surface area contributed by atoms with Gasteiger partial charge in [0.15, 0.2) is 0 Å². The molecule has 0 spiro atoms. The molecular weight excluding hydrogens is 426 g/mol. The van der Waals surface area contributed by atoms with Crippen molar-refractivity contribution >= 4 is 23.4 Å². The van der Waals surface area contributed by atoms with Crippen LogP contribution in [0.25, 0.3) is 0 Å². The number of rotatable bonds is 5. The second-order valence-electron chi connectivity index (χ2n) is 7.09. The predicted molar refractivity (Wildman–Crippen MR) is 113 cm³/mol. The molecule has 8 heteroatoms. The Morgan fingerprint density at radius 1 is 0.968 bits per heavy atom. The molecule has 0 aromatic heterocycles. The lowest BCUT2D eigenvalue weighted by atomic mass is 9.84. The van der Waals surface area contributed by atoms with Gasteiger partial charge in [0, 0.05) is 21.7 Å². The SMILES string of the molecule is CC(C)(C(F)F)[C@H](NC(=O)c1ccc(C#CC#Cc2ccc(Cl)cc2)cc1)C(=O)NO. The highest BCUT2D eigenvalue weighted by Gasteiger charge is 2.43. The van der Waals surface area contributed by atoms with E-state index in [4.69, 9.17) is 16.8 Å². The van der Waals surface area contributed by atoms with Gasteiger partial charge in [-0.15, -0.1) is 0 Å². The third-order valence-electron chi connectivity index (χ3n) is 4.42. The summed E-state index contributed by atoms with van der Waals surface area (Å²) < 4.78 is 26.6. The first-order valence-corrected chi connectivity index (χ1v) is 9.43. The van der Waals surface area contributed by atoms with E-state index in [2.05, 4.69) is 29.0 Å². The van der Waals surface area contributed by atoms with Crippen LogP contribution in [0.5, 0.6) is 0 Å². The number of halogens is 3. The topological polar surface area (TPSA) is 78.4 Å². The highest BCUT2D eigenvalue weighted by Crippen LogP contribution is 2.29. The average Bonchev–Trinajstić information content (AvgIpc) is 2.75. The lowest BCUT2D eigenvalue weighted by Gasteiger charge is -2.32. The van der Waals surface area contributed by atoms with Crippen LogP contribution in [0, 0.1) is 29.1 Å². The molecule has 0 saturated carbocycles. The lowest BCUT2D eigenvalue weighted by molar-refractivity contribution is -0.137. The van der Waals surface area contributed by atoms with Gasteiger partial charge in [0.1, 0.15) is 6.04 Å². The zero-order valence-corrected chi connectivity index (χ0v) is 17.4. The van der Waals surface area contributed by atoms with Crippen LogP contribution < -0.4 is 10.8 Å². The summed E-state index contributed by atoms with van der Waals surface area (Å²) in [6, 6.07) is 11.3. The summed E-state index contributed by atoms with van der Waals surface area (Å²) in [5, 5.41) is 11.7. The minimum absolute atomic E-state index is 0.138. The third kappa shape index (κ3) is 6.55. The Hall–Kier alpha value is -3.39. The van der Waals surface area contributed by atoms with Crippen molar-refractivity contribution in [3.8, 4) is 23.7 Å². The summed E-state index contributed by atoms with van der Waals surface area (Å²) in [4.78, 5) is 24.2. The first kappa shape index (κ1) is 23.9. The van der Waals surface area contributed by atoms with Crippen molar-refractivity contribution in [3.63, 3.8) is 0 Å². The summed E-state index contributed by atoms with van der Waals surface area (Å²) in [6.07, 6.45) is -2.92. The van der Waals surface area contributed by atoms with Crippen LogP contribution in [0.3, 0.4) is 0 Å². The van der Waals surface area contributed by atoms with Gasteiger partial charge in [-0.3, -0.25) is 14.8 Å². The van der Waals surface area contributed by atoms with E-state index in [-0.39, 0.29) is 5.56 Å². The number of alkyl halides is 2. The fourth-order valence-corrected chi connectivity index (χ4v) is 2.57. The molecule has 0 saturated heterocycles. The van der Waals surface area contributed by atoms with Crippen LogP contribution in [0.1, 0.15) is 35.3 Å². The molecule has 0 aliphatic carbocycles. The molecule has 0 bridgehead atoms. The number of hydrogen-bond acceptors (Lipinski definition) is 3. The van der Waals surface area contributed by atoms with E-state index >= 15 is 0 Å². The van der Waals surface area contributed by atoms with Gasteiger partial charge in [-0.2, -0.15) is 0 Å². The van der Waals surface area contributed by atoms with Gasteiger partial charge < -0.3 is 5.32 Å². The largest absolute Gasteiger partial charge is 0.339 e. The lowest BCUT2D eigenvalue weighted by Crippen LogP contribution is -2.56. The molecule has 2 amide bonds. The minimum atomic E-state index is -2.92. The monoisotopic (exact) mass is 444 g/mol. The summed E-state index contributed by atoms with van der Waals surface area (Å²) in [6.45, 7) is 2.23. The van der Waals surface area contributed by atoms with Crippen molar-refractivity contribution in [3.05, 3.63) is 70.2 Å². The highest BCUT2D eigenvalue weighted by molar-refractivity contribution is 6.30. The Bertz CT molecular complexity index is 1060. The van der Waals surface area contributed by atoms with E-state index in [0.717, 1.165) is 19.4 Å². The van der Waals surface area contributed by atoms with Crippen LogP contribution in [0.15, 0.2) is 48.5 Å². The van der Waals surface area contributed by atoms with Crippen LogP contribution in [-0.4, -0.2) is 29.5 Å². The molecule has 5 nitrogen and oxygen atoms in total. The van der Waals surface area contributed by atoms with E-state index < -0.39 is 29.7 Å². The number of carbonyl (C=O) groups is 2. The van der Waals surface area contributed by atoms with E-state index in [1.807, 2.05) is 0 Å². The molecule has 0 heterocycles. The molecule has 2 rings (SSSR count). The Labute approximate surface area is 183 Å². The fraction of sp³-hybridized carbons (Fsp3) is 0.217. The smallest absolute Gasteiger partial charge is 0.266 e. The number of amides is 2. The maximum Gasteiger partial charge on any atom is 0.266 e. The summed E-state index contributed by atoms with van der Waals surface area (Å²) >= 11 is 5.81. The quantitative estimate of drug-likeness (QED) is 0.374. The van der Waals surface area contributed by atoms with Crippen LogP contribution in [0.4, 0.5) is 8.78 Å². The van der Waals surface area contributed by atoms with Gasteiger partial charge in [0.05, 0.1) is 5.41 Å². The van der Waals surface area contributed by atoms with E-state index in [1.165, 1.54) is 17.6 Å². The fourth-order valence-electron chi connectivity index (χ4n) is 2.44. The average molecular weight is 445 g/mol. The molecule has 2 aromatic carbocycles. The van der Waals surface area contributed by atoms with Crippen LogP contribution in [-0.2, 0) is 4.79 Å². The van der Waals surface area contributed by atoms with Crippen molar-refractivity contribution in [1.82, 2.24) is 10.8 Å². The summed E-state index contributed by atoms with van der Waals surface area (Å²) in [7, 11) is 0. The van der Waals surface area contributed by atoms with Gasteiger partial charge in [0.2, 0.25) is 6.43 Å². The Morgan fingerprint density at radius 2 is 1.45 bits per heavy atom. The molecule has 31 heavy (non-hydrogen) atoms. The zero-order valence-electron chi connectivity index (χ0n) is 16.7. The molecule has 0 aliphatic rings. The number of hydrogen-bond donors (Lipinski definition) is 3. The Morgan fingerprint density at radius 3 is 1.90 bits per heavy atom. The van der Waals surface area contributed by atoms with Gasteiger partial charge in [-0.05, 0) is 60.4 Å². The number of carbonyl (C=O) groups excluding carboxylic acids is 2. The predicted octanol–water partition coefficient (Wildman–Crippen LogP) is 3.64. The maximum atomic E-state index is 13.3. The molecule has 0 radical (unpaired) electrons. The molecule has 160 valence electrons. The van der Waals surface area contributed by atoms with Crippen molar-refractivity contribution < 1.29 is 23.6 Å². The standard InChI is InChI=1S/C23H19ClF2N2O3/c1-23(2,22(25)26)19(21(30)28-31)27-20(29)17-11-7-15(8-12-17)5-3-4-6-16-9-13-18(24)14-10-16/h7-14,19,22,31H,1-2H3,(H,27,29)(H,28,30)/t19-/m1/s1. The second-order valence-corrected chi connectivity index (χ2v) is 7.53. The van der Waals surface area contributed by atoms with Crippen molar-refractivity contribution in [2.24, 2.45) is 5.41 Å². The van der Waals surface area contributed by atoms with Crippen molar-refractivity contribution in [2.75, 3.05) is 0 Å². The summed E-state index contributed by atoms with van der Waals surface area (Å²) in [5.74, 6) is 9.20. The van der Waals surface area contributed by atoms with E-state index in [1.54, 1.807) is 36.4 Å². The first-order chi connectivity index (χ1) is 14.6. The Kier molecular flexibility index (Phi) is 8.15. The molecule has 0 unspecified atom stereocenters.